The Morgan fingerprint density at radius 1 is 1.62 bits per heavy atom. The van der Waals surface area contributed by atoms with Crippen LogP contribution < -0.4 is 5.32 Å². The second-order valence-electron chi connectivity index (χ2n) is 2.99. The van der Waals surface area contributed by atoms with E-state index in [0.29, 0.717) is 5.92 Å². The van der Waals surface area contributed by atoms with E-state index in [9.17, 15) is 4.79 Å². The van der Waals surface area contributed by atoms with Crippen LogP contribution in [0.1, 0.15) is 12.8 Å². The van der Waals surface area contributed by atoms with Crippen molar-refractivity contribution in [1.29, 1.82) is 0 Å². The van der Waals surface area contributed by atoms with Crippen LogP contribution in [-0.4, -0.2) is 26.2 Å². The number of rotatable bonds is 2. The molecule has 0 amide bonds. The van der Waals surface area contributed by atoms with Gasteiger partial charge in [-0.15, -0.1) is 12.4 Å². The van der Waals surface area contributed by atoms with Gasteiger partial charge < -0.3 is 10.1 Å². The highest BCUT2D eigenvalue weighted by molar-refractivity contribution is 5.85. The van der Waals surface area contributed by atoms with Crippen LogP contribution in [0.3, 0.4) is 0 Å². The number of ether oxygens (including phenoxy) is 1. The summed E-state index contributed by atoms with van der Waals surface area (Å²) in [6.07, 6.45) is 5.80. The Hall–Kier alpha value is -0.540. The van der Waals surface area contributed by atoms with Crippen LogP contribution in [0, 0.1) is 5.92 Å². The lowest BCUT2D eigenvalue weighted by Gasteiger charge is -2.18. The lowest BCUT2D eigenvalue weighted by Crippen LogP contribution is -2.28. The zero-order valence-electron chi connectivity index (χ0n) is 7.79. The number of carbonyl (C=O) groups excluding carboxylic acids is 1. The smallest absolute Gasteiger partial charge is 0.330 e. The second kappa shape index (κ2) is 6.92. The first-order chi connectivity index (χ1) is 5.83. The summed E-state index contributed by atoms with van der Waals surface area (Å²) < 4.78 is 4.50. The number of hydrogen-bond acceptors (Lipinski definition) is 3. The number of esters is 1. The van der Waals surface area contributed by atoms with Gasteiger partial charge in [0.2, 0.25) is 0 Å². The molecule has 3 nitrogen and oxygen atoms in total. The van der Waals surface area contributed by atoms with Gasteiger partial charge in [0.05, 0.1) is 7.11 Å². The Morgan fingerprint density at radius 3 is 2.92 bits per heavy atom. The molecule has 1 unspecified atom stereocenters. The number of carbonyl (C=O) groups is 1. The first kappa shape index (κ1) is 12.5. The molecular formula is C9H16ClNO2. The molecule has 1 aliphatic rings. The number of methoxy groups -OCH3 is 1. The number of piperidine rings is 1. The molecule has 1 N–H and O–H groups in total. The maximum absolute atomic E-state index is 10.7. The molecule has 1 saturated heterocycles. The van der Waals surface area contributed by atoms with Crippen LogP contribution in [0.5, 0.6) is 0 Å². The molecule has 1 fully saturated rings. The van der Waals surface area contributed by atoms with Crippen molar-refractivity contribution in [3.05, 3.63) is 12.2 Å². The average Bonchev–Trinajstić information content (AvgIpc) is 2.16. The second-order valence-corrected chi connectivity index (χ2v) is 2.99. The van der Waals surface area contributed by atoms with E-state index >= 15 is 0 Å². The minimum absolute atomic E-state index is 0. The summed E-state index contributed by atoms with van der Waals surface area (Å²) in [4.78, 5) is 10.7. The van der Waals surface area contributed by atoms with Gasteiger partial charge in [0.1, 0.15) is 0 Å². The Bertz CT molecular complexity index is 176. The van der Waals surface area contributed by atoms with Crippen molar-refractivity contribution in [2.75, 3.05) is 20.2 Å². The monoisotopic (exact) mass is 205 g/mol. The zero-order valence-corrected chi connectivity index (χ0v) is 8.60. The third-order valence-electron chi connectivity index (χ3n) is 2.04. The molecule has 76 valence electrons. The van der Waals surface area contributed by atoms with Crippen LogP contribution in [0.4, 0.5) is 0 Å². The highest BCUT2D eigenvalue weighted by Gasteiger charge is 2.09. The third-order valence-corrected chi connectivity index (χ3v) is 2.04. The molecule has 0 aliphatic carbocycles. The van der Waals surface area contributed by atoms with Gasteiger partial charge in [-0.05, 0) is 25.3 Å². The highest BCUT2D eigenvalue weighted by Crippen LogP contribution is 2.10. The predicted octanol–water partition coefficient (Wildman–Crippen LogP) is 1.14. The molecule has 1 heterocycles. The van der Waals surface area contributed by atoms with Crippen LogP contribution in [0.15, 0.2) is 12.2 Å². The number of hydrogen-bond donors (Lipinski definition) is 1. The lowest BCUT2D eigenvalue weighted by atomic mass is 9.99. The van der Waals surface area contributed by atoms with Crippen LogP contribution in [-0.2, 0) is 9.53 Å². The molecule has 1 atom stereocenters. The minimum atomic E-state index is -0.263. The summed E-state index contributed by atoms with van der Waals surface area (Å²) in [5.41, 5.74) is 0. The fraction of sp³-hybridized carbons (Fsp3) is 0.667. The van der Waals surface area contributed by atoms with Gasteiger partial charge in [-0.1, -0.05) is 6.08 Å². The first-order valence-electron chi connectivity index (χ1n) is 4.30. The van der Waals surface area contributed by atoms with Crippen LogP contribution >= 0.6 is 12.4 Å². The van der Waals surface area contributed by atoms with Crippen molar-refractivity contribution in [1.82, 2.24) is 5.32 Å². The third kappa shape index (κ3) is 4.90. The molecule has 1 aliphatic heterocycles. The summed E-state index contributed by atoms with van der Waals surface area (Å²) >= 11 is 0. The molecule has 0 aromatic rings. The Kier molecular flexibility index (Phi) is 6.63. The van der Waals surface area contributed by atoms with Crippen molar-refractivity contribution >= 4 is 18.4 Å². The summed E-state index contributed by atoms with van der Waals surface area (Å²) in [5, 5.41) is 3.27. The van der Waals surface area contributed by atoms with Crippen molar-refractivity contribution in [3.63, 3.8) is 0 Å². The molecule has 0 aromatic carbocycles. The van der Waals surface area contributed by atoms with E-state index in [-0.39, 0.29) is 18.4 Å². The zero-order chi connectivity index (χ0) is 8.81. The topological polar surface area (TPSA) is 38.3 Å². The Labute approximate surface area is 84.9 Å². The molecule has 4 heteroatoms. The molecule has 0 aromatic heterocycles. The largest absolute Gasteiger partial charge is 0.466 e. The van der Waals surface area contributed by atoms with E-state index in [4.69, 9.17) is 0 Å². The molecule has 13 heavy (non-hydrogen) atoms. The van der Waals surface area contributed by atoms with Gasteiger partial charge in [0.15, 0.2) is 0 Å². The van der Waals surface area contributed by atoms with Gasteiger partial charge in [-0.25, -0.2) is 4.79 Å². The Morgan fingerprint density at radius 2 is 2.38 bits per heavy atom. The Balaban J connectivity index is 0.00000144. The average molecular weight is 206 g/mol. The maximum atomic E-state index is 10.7. The molecule has 0 spiro atoms. The molecule has 0 bridgehead atoms. The SMILES string of the molecule is COC(=O)/C=C/C1CCCNC1.Cl. The van der Waals surface area contributed by atoms with E-state index in [0.717, 1.165) is 13.1 Å². The summed E-state index contributed by atoms with van der Waals surface area (Å²) in [7, 11) is 1.39. The molecule has 0 saturated carbocycles. The standard InChI is InChI=1S/C9H15NO2.ClH/c1-12-9(11)5-4-8-3-2-6-10-7-8;/h4-5,8,10H,2-3,6-7H2,1H3;1H/b5-4+;. The van der Waals surface area contributed by atoms with Crippen LogP contribution in [0.2, 0.25) is 0 Å². The predicted molar refractivity (Wildman–Crippen MR) is 54.0 cm³/mol. The number of halogens is 1. The lowest BCUT2D eigenvalue weighted by molar-refractivity contribution is -0.134. The van der Waals surface area contributed by atoms with E-state index in [1.807, 2.05) is 6.08 Å². The quantitative estimate of drug-likeness (QED) is 0.543. The molecule has 0 radical (unpaired) electrons. The van der Waals surface area contributed by atoms with E-state index in [2.05, 4.69) is 10.1 Å². The minimum Gasteiger partial charge on any atom is -0.466 e. The normalized spacial score (nSPS) is 22.4. The fourth-order valence-electron chi connectivity index (χ4n) is 1.33. The van der Waals surface area contributed by atoms with Gasteiger partial charge in [-0.2, -0.15) is 0 Å². The summed E-state index contributed by atoms with van der Waals surface area (Å²) in [5.74, 6) is 0.235. The van der Waals surface area contributed by atoms with Crippen molar-refractivity contribution in [2.45, 2.75) is 12.8 Å². The first-order valence-corrected chi connectivity index (χ1v) is 4.30. The molecular weight excluding hydrogens is 190 g/mol. The summed E-state index contributed by atoms with van der Waals surface area (Å²) in [6.45, 7) is 2.08. The molecule has 1 rings (SSSR count). The highest BCUT2D eigenvalue weighted by atomic mass is 35.5. The van der Waals surface area contributed by atoms with Crippen molar-refractivity contribution in [2.24, 2.45) is 5.92 Å². The van der Waals surface area contributed by atoms with Gasteiger partial charge in [0.25, 0.3) is 0 Å². The van der Waals surface area contributed by atoms with E-state index in [1.54, 1.807) is 0 Å². The van der Waals surface area contributed by atoms with Crippen LogP contribution in [0.25, 0.3) is 0 Å². The fourth-order valence-corrected chi connectivity index (χ4v) is 1.33. The van der Waals surface area contributed by atoms with Gasteiger partial charge in [0, 0.05) is 12.6 Å². The maximum Gasteiger partial charge on any atom is 0.330 e. The van der Waals surface area contributed by atoms with E-state index in [1.165, 1.54) is 26.0 Å². The van der Waals surface area contributed by atoms with E-state index < -0.39 is 0 Å². The summed E-state index contributed by atoms with van der Waals surface area (Å²) in [6, 6.07) is 0. The number of nitrogens with one attached hydrogen (secondary N) is 1. The van der Waals surface area contributed by atoms with Crippen molar-refractivity contribution in [3.8, 4) is 0 Å². The van der Waals surface area contributed by atoms with Gasteiger partial charge >= 0.3 is 5.97 Å². The van der Waals surface area contributed by atoms with Crippen molar-refractivity contribution < 1.29 is 9.53 Å². The van der Waals surface area contributed by atoms with Gasteiger partial charge in [-0.3, -0.25) is 0 Å².